The number of nitrogens with zero attached hydrogens (tertiary/aromatic N) is 1. The highest BCUT2D eigenvalue weighted by molar-refractivity contribution is 7.87. The molecule has 0 aromatic rings. The predicted molar refractivity (Wildman–Crippen MR) is 69.4 cm³/mol. The standard InChI is InChI=1S/C9H21N3O3S.ClH/c1-7(4-10)11-16(13,14)12-5-8(2)15-9(3)6-12;/h7-9,11H,4-6,10H2,1-3H3;1H/t7-,8?,9?;/m1./s1. The first-order valence-corrected chi connectivity index (χ1v) is 6.92. The number of nitrogens with two attached hydrogens (primary N) is 1. The first-order valence-electron chi connectivity index (χ1n) is 5.48. The summed E-state index contributed by atoms with van der Waals surface area (Å²) < 4.78 is 33.3. The number of hydrogen-bond donors (Lipinski definition) is 2. The first-order chi connectivity index (χ1) is 7.35. The highest BCUT2D eigenvalue weighted by Gasteiger charge is 2.31. The minimum absolute atomic E-state index is 0. The van der Waals surface area contributed by atoms with Crippen molar-refractivity contribution in [2.24, 2.45) is 5.73 Å². The third-order valence-corrected chi connectivity index (χ3v) is 4.11. The molecule has 1 fully saturated rings. The maximum atomic E-state index is 11.9. The summed E-state index contributed by atoms with van der Waals surface area (Å²) in [7, 11) is -3.44. The molecule has 0 aromatic carbocycles. The molecule has 0 aliphatic carbocycles. The molecule has 1 aliphatic heterocycles. The normalized spacial score (nSPS) is 28.5. The Morgan fingerprint density at radius 2 is 1.88 bits per heavy atom. The molecule has 1 saturated heterocycles. The van der Waals surface area contributed by atoms with Crippen molar-refractivity contribution >= 4 is 22.6 Å². The van der Waals surface area contributed by atoms with Crippen LogP contribution >= 0.6 is 12.4 Å². The molecule has 8 heteroatoms. The van der Waals surface area contributed by atoms with Crippen molar-refractivity contribution in [3.8, 4) is 0 Å². The van der Waals surface area contributed by atoms with Crippen LogP contribution in [0, 0.1) is 0 Å². The fourth-order valence-corrected chi connectivity index (χ4v) is 3.27. The van der Waals surface area contributed by atoms with Crippen LogP contribution in [0.5, 0.6) is 0 Å². The zero-order valence-corrected chi connectivity index (χ0v) is 12.1. The third-order valence-electron chi connectivity index (χ3n) is 2.43. The molecule has 0 spiro atoms. The lowest BCUT2D eigenvalue weighted by molar-refractivity contribution is -0.0444. The number of ether oxygens (including phenoxy) is 1. The van der Waals surface area contributed by atoms with Gasteiger partial charge in [0, 0.05) is 25.7 Å². The highest BCUT2D eigenvalue weighted by atomic mass is 35.5. The Bertz CT molecular complexity index is 315. The molecule has 1 aliphatic rings. The molecule has 3 atom stereocenters. The molecule has 1 rings (SSSR count). The Morgan fingerprint density at radius 1 is 1.41 bits per heavy atom. The molecule has 2 unspecified atom stereocenters. The molecule has 0 bridgehead atoms. The maximum Gasteiger partial charge on any atom is 0.279 e. The number of halogens is 1. The van der Waals surface area contributed by atoms with Gasteiger partial charge < -0.3 is 10.5 Å². The topological polar surface area (TPSA) is 84.7 Å². The smallest absolute Gasteiger partial charge is 0.279 e. The van der Waals surface area contributed by atoms with Gasteiger partial charge >= 0.3 is 0 Å². The first kappa shape index (κ1) is 17.1. The molecule has 0 radical (unpaired) electrons. The Balaban J connectivity index is 0.00000256. The lowest BCUT2D eigenvalue weighted by Crippen LogP contribution is -2.54. The van der Waals surface area contributed by atoms with Crippen LogP contribution in [0.4, 0.5) is 0 Å². The van der Waals surface area contributed by atoms with E-state index < -0.39 is 10.2 Å². The van der Waals surface area contributed by atoms with Crippen molar-refractivity contribution in [1.82, 2.24) is 9.03 Å². The summed E-state index contributed by atoms with van der Waals surface area (Å²) in [6.07, 6.45) is -0.151. The molecule has 1 heterocycles. The van der Waals surface area contributed by atoms with Crippen LogP contribution in [0.2, 0.25) is 0 Å². The molecular weight excluding hydrogens is 266 g/mol. The second kappa shape index (κ2) is 6.86. The van der Waals surface area contributed by atoms with E-state index in [-0.39, 0.29) is 37.2 Å². The molecular formula is C9H22ClN3O3S. The summed E-state index contributed by atoms with van der Waals surface area (Å²) in [4.78, 5) is 0. The summed E-state index contributed by atoms with van der Waals surface area (Å²) >= 11 is 0. The van der Waals surface area contributed by atoms with Crippen LogP contribution < -0.4 is 10.5 Å². The van der Waals surface area contributed by atoms with Gasteiger partial charge in [-0.2, -0.15) is 17.4 Å². The molecule has 0 saturated carbocycles. The summed E-state index contributed by atoms with van der Waals surface area (Å²) in [6, 6.07) is -0.251. The number of nitrogens with one attached hydrogen (secondary N) is 1. The average Bonchev–Trinajstić information content (AvgIpc) is 2.15. The van der Waals surface area contributed by atoms with Crippen molar-refractivity contribution in [2.45, 2.75) is 39.0 Å². The molecule has 0 amide bonds. The van der Waals surface area contributed by atoms with Gasteiger partial charge in [-0.25, -0.2) is 0 Å². The SMILES string of the molecule is CC1CN(S(=O)(=O)N[C@H](C)CN)CC(C)O1.Cl. The van der Waals surface area contributed by atoms with Gasteiger partial charge in [-0.1, -0.05) is 0 Å². The van der Waals surface area contributed by atoms with Gasteiger partial charge in [-0.3, -0.25) is 0 Å². The van der Waals surface area contributed by atoms with Crippen LogP contribution in [-0.2, 0) is 14.9 Å². The lowest BCUT2D eigenvalue weighted by atomic mass is 10.3. The lowest BCUT2D eigenvalue weighted by Gasteiger charge is -2.34. The Labute approximate surface area is 109 Å². The quantitative estimate of drug-likeness (QED) is 0.743. The second-order valence-electron chi connectivity index (χ2n) is 4.33. The fourth-order valence-electron chi connectivity index (χ4n) is 1.70. The predicted octanol–water partition coefficient (Wildman–Crippen LogP) is -0.301. The Kier molecular flexibility index (Phi) is 6.90. The van der Waals surface area contributed by atoms with Gasteiger partial charge in [-0.15, -0.1) is 12.4 Å². The summed E-state index contributed by atoms with van der Waals surface area (Å²) in [5.41, 5.74) is 5.39. The van der Waals surface area contributed by atoms with Gasteiger partial charge in [0.25, 0.3) is 10.2 Å². The second-order valence-corrected chi connectivity index (χ2v) is 6.04. The minimum atomic E-state index is -3.44. The van der Waals surface area contributed by atoms with Crippen molar-refractivity contribution in [3.05, 3.63) is 0 Å². The summed E-state index contributed by atoms with van der Waals surface area (Å²) in [5, 5.41) is 0. The molecule has 104 valence electrons. The monoisotopic (exact) mass is 287 g/mol. The number of hydrogen-bond acceptors (Lipinski definition) is 4. The Hall–Kier alpha value is 0.0800. The van der Waals surface area contributed by atoms with E-state index in [4.69, 9.17) is 10.5 Å². The van der Waals surface area contributed by atoms with Crippen LogP contribution in [0.25, 0.3) is 0 Å². The number of morpholine rings is 1. The van der Waals surface area contributed by atoms with Crippen molar-refractivity contribution < 1.29 is 13.2 Å². The average molecular weight is 288 g/mol. The highest BCUT2D eigenvalue weighted by Crippen LogP contribution is 2.13. The summed E-state index contributed by atoms with van der Waals surface area (Å²) in [5.74, 6) is 0. The molecule has 3 N–H and O–H groups in total. The van der Waals surface area contributed by atoms with E-state index in [1.54, 1.807) is 6.92 Å². The maximum absolute atomic E-state index is 11.9. The third kappa shape index (κ3) is 5.07. The molecule has 6 nitrogen and oxygen atoms in total. The van der Waals surface area contributed by atoms with E-state index >= 15 is 0 Å². The zero-order valence-electron chi connectivity index (χ0n) is 10.4. The zero-order chi connectivity index (χ0) is 12.3. The van der Waals surface area contributed by atoms with Gasteiger partial charge in [0.1, 0.15) is 0 Å². The van der Waals surface area contributed by atoms with E-state index in [1.165, 1.54) is 4.31 Å². The van der Waals surface area contributed by atoms with E-state index in [2.05, 4.69) is 4.72 Å². The van der Waals surface area contributed by atoms with Crippen LogP contribution in [0.3, 0.4) is 0 Å². The number of rotatable bonds is 4. The van der Waals surface area contributed by atoms with Crippen LogP contribution in [0.15, 0.2) is 0 Å². The van der Waals surface area contributed by atoms with Crippen molar-refractivity contribution in [2.75, 3.05) is 19.6 Å². The van der Waals surface area contributed by atoms with Crippen LogP contribution in [-0.4, -0.2) is 50.6 Å². The molecule has 17 heavy (non-hydrogen) atoms. The van der Waals surface area contributed by atoms with Gasteiger partial charge in [0.15, 0.2) is 0 Å². The minimum Gasteiger partial charge on any atom is -0.373 e. The van der Waals surface area contributed by atoms with E-state index in [1.807, 2.05) is 13.8 Å². The van der Waals surface area contributed by atoms with Gasteiger partial charge in [-0.05, 0) is 20.8 Å². The largest absolute Gasteiger partial charge is 0.373 e. The van der Waals surface area contributed by atoms with Crippen LogP contribution in [0.1, 0.15) is 20.8 Å². The summed E-state index contributed by atoms with van der Waals surface area (Å²) in [6.45, 7) is 6.53. The van der Waals surface area contributed by atoms with E-state index in [9.17, 15) is 8.42 Å². The van der Waals surface area contributed by atoms with Crippen molar-refractivity contribution in [1.29, 1.82) is 0 Å². The van der Waals surface area contributed by atoms with Crippen molar-refractivity contribution in [3.63, 3.8) is 0 Å². The molecule has 0 aromatic heterocycles. The van der Waals surface area contributed by atoms with E-state index in [0.29, 0.717) is 13.1 Å². The van der Waals surface area contributed by atoms with E-state index in [0.717, 1.165) is 0 Å². The van der Waals surface area contributed by atoms with Gasteiger partial charge in [0.2, 0.25) is 0 Å². The fraction of sp³-hybridized carbons (Fsp3) is 1.00. The Morgan fingerprint density at radius 3 is 2.29 bits per heavy atom. The van der Waals surface area contributed by atoms with Gasteiger partial charge in [0.05, 0.1) is 12.2 Å².